The van der Waals surface area contributed by atoms with Crippen molar-refractivity contribution in [2.24, 2.45) is 0 Å². The SMILES string of the molecule is CCCCCCCCCCCCCCCCCCc1ccc(-c2ccc(C(=O)Oc3ccc(C(=O)OCCCC(=O)OCCCCCCCCCCCC)cc3)cn2)cc1. The summed E-state index contributed by atoms with van der Waals surface area (Å²) in [6.45, 7) is 5.09. The summed E-state index contributed by atoms with van der Waals surface area (Å²) in [5.41, 5.74) is 3.82. The topological polar surface area (TPSA) is 91.8 Å². The highest BCUT2D eigenvalue weighted by Gasteiger charge is 2.13. The van der Waals surface area contributed by atoms with E-state index < -0.39 is 11.9 Å². The number of aryl methyl sites for hydroxylation is 1. The van der Waals surface area contributed by atoms with Crippen LogP contribution in [0.3, 0.4) is 0 Å². The Morgan fingerprint density at radius 1 is 0.450 bits per heavy atom. The number of benzene rings is 2. The largest absolute Gasteiger partial charge is 0.466 e. The molecule has 0 aliphatic heterocycles. The monoisotopic (exact) mass is 826 g/mol. The second-order valence-electron chi connectivity index (χ2n) is 16.7. The van der Waals surface area contributed by atoms with Crippen LogP contribution in [0.1, 0.15) is 220 Å². The maximum atomic E-state index is 12.8. The van der Waals surface area contributed by atoms with Crippen molar-refractivity contribution in [3.63, 3.8) is 0 Å². The molecule has 0 N–H and O–H groups in total. The van der Waals surface area contributed by atoms with E-state index in [1.165, 1.54) is 166 Å². The minimum absolute atomic E-state index is 0.121. The summed E-state index contributed by atoms with van der Waals surface area (Å²) in [6.07, 6.45) is 37.7. The molecule has 3 aromatic rings. The lowest BCUT2D eigenvalue weighted by atomic mass is 10.0. The van der Waals surface area contributed by atoms with Crippen molar-refractivity contribution in [1.82, 2.24) is 4.98 Å². The van der Waals surface area contributed by atoms with Gasteiger partial charge in [-0.3, -0.25) is 9.78 Å². The number of rotatable bonds is 36. The number of pyridine rings is 1. The smallest absolute Gasteiger partial charge is 0.345 e. The highest BCUT2D eigenvalue weighted by molar-refractivity contribution is 5.92. The molecule has 0 aliphatic carbocycles. The molecule has 332 valence electrons. The Morgan fingerprint density at radius 2 is 0.917 bits per heavy atom. The number of ether oxygens (including phenoxy) is 3. The molecule has 0 unspecified atom stereocenters. The van der Waals surface area contributed by atoms with Gasteiger partial charge in [0.15, 0.2) is 0 Å². The zero-order chi connectivity index (χ0) is 42.7. The van der Waals surface area contributed by atoms with Crippen LogP contribution in [0.4, 0.5) is 0 Å². The number of carbonyl (C=O) groups is 3. The van der Waals surface area contributed by atoms with Crippen molar-refractivity contribution in [1.29, 1.82) is 0 Å². The van der Waals surface area contributed by atoms with Gasteiger partial charge < -0.3 is 14.2 Å². The van der Waals surface area contributed by atoms with Crippen molar-refractivity contribution in [3.05, 3.63) is 83.6 Å². The standard InChI is InChI=1S/C53H79NO6/c1-3-5-7-9-11-13-15-16-17-18-19-20-21-23-25-27-30-45-32-34-46(35-33-45)50-41-38-48(44-54-50)53(57)60-49-39-36-47(37-40-49)52(56)59-43-29-31-51(55)58-42-28-26-24-22-14-12-10-8-6-4-2/h32-41,44H,3-31,42-43H2,1-2H3. The molecule has 0 spiro atoms. The second kappa shape index (κ2) is 33.7. The van der Waals surface area contributed by atoms with Gasteiger partial charge in [0.2, 0.25) is 0 Å². The minimum Gasteiger partial charge on any atom is -0.466 e. The number of esters is 3. The quantitative estimate of drug-likeness (QED) is 0.0327. The van der Waals surface area contributed by atoms with Crippen LogP contribution >= 0.6 is 0 Å². The molecule has 0 saturated heterocycles. The summed E-state index contributed by atoms with van der Waals surface area (Å²) < 4.78 is 16.2. The van der Waals surface area contributed by atoms with Crippen molar-refractivity contribution in [2.75, 3.05) is 13.2 Å². The van der Waals surface area contributed by atoms with Crippen molar-refractivity contribution in [2.45, 2.75) is 200 Å². The van der Waals surface area contributed by atoms with Crippen molar-refractivity contribution < 1.29 is 28.6 Å². The first-order valence-corrected chi connectivity index (χ1v) is 24.2. The van der Waals surface area contributed by atoms with Gasteiger partial charge in [0, 0.05) is 18.2 Å². The second-order valence-corrected chi connectivity index (χ2v) is 16.7. The Kier molecular flexibility index (Phi) is 28.3. The summed E-state index contributed by atoms with van der Waals surface area (Å²) in [5, 5.41) is 0. The molecule has 2 aromatic carbocycles. The van der Waals surface area contributed by atoms with Crippen LogP contribution < -0.4 is 4.74 Å². The predicted octanol–water partition coefficient (Wildman–Crippen LogP) is 15.2. The van der Waals surface area contributed by atoms with E-state index in [1.807, 2.05) is 6.07 Å². The summed E-state index contributed by atoms with van der Waals surface area (Å²) in [6, 6.07) is 18.3. The third kappa shape index (κ3) is 23.7. The summed E-state index contributed by atoms with van der Waals surface area (Å²) in [5.74, 6) is -0.980. The Hall–Kier alpha value is -4.00. The summed E-state index contributed by atoms with van der Waals surface area (Å²) in [7, 11) is 0. The zero-order valence-corrected chi connectivity index (χ0v) is 37.7. The van der Waals surface area contributed by atoms with Crippen LogP contribution in [-0.2, 0) is 20.7 Å². The Morgan fingerprint density at radius 3 is 1.42 bits per heavy atom. The first kappa shape index (κ1) is 50.4. The average Bonchev–Trinajstić information content (AvgIpc) is 3.27. The normalized spacial score (nSPS) is 11.1. The molecule has 7 nitrogen and oxygen atoms in total. The van der Waals surface area contributed by atoms with Gasteiger partial charge in [-0.25, -0.2) is 9.59 Å². The van der Waals surface area contributed by atoms with E-state index in [0.717, 1.165) is 30.5 Å². The number of hydrogen-bond donors (Lipinski definition) is 0. The first-order valence-electron chi connectivity index (χ1n) is 24.2. The molecule has 0 bridgehead atoms. The van der Waals surface area contributed by atoms with Crippen LogP contribution in [0.5, 0.6) is 5.75 Å². The third-order valence-electron chi connectivity index (χ3n) is 11.4. The van der Waals surface area contributed by atoms with Gasteiger partial charge in [-0.05, 0) is 67.6 Å². The number of carbonyl (C=O) groups excluding carboxylic acids is 3. The average molecular weight is 826 g/mol. The lowest BCUT2D eigenvalue weighted by molar-refractivity contribution is -0.144. The van der Waals surface area contributed by atoms with Crippen molar-refractivity contribution in [3.8, 4) is 17.0 Å². The molecule has 0 atom stereocenters. The first-order chi connectivity index (χ1) is 29.5. The van der Waals surface area contributed by atoms with Gasteiger partial charge >= 0.3 is 17.9 Å². The number of unbranched alkanes of at least 4 members (excludes halogenated alkanes) is 24. The maximum Gasteiger partial charge on any atom is 0.345 e. The molecule has 0 fully saturated rings. The fourth-order valence-corrected chi connectivity index (χ4v) is 7.54. The van der Waals surface area contributed by atoms with Gasteiger partial charge in [0.1, 0.15) is 5.75 Å². The number of hydrogen-bond acceptors (Lipinski definition) is 7. The molecule has 0 amide bonds. The molecular weight excluding hydrogens is 747 g/mol. The highest BCUT2D eigenvalue weighted by Crippen LogP contribution is 2.21. The molecule has 1 aromatic heterocycles. The molecule has 3 rings (SSSR count). The van der Waals surface area contributed by atoms with E-state index in [9.17, 15) is 14.4 Å². The van der Waals surface area contributed by atoms with Crippen molar-refractivity contribution >= 4 is 17.9 Å². The molecule has 0 aliphatic rings. The van der Waals surface area contributed by atoms with Crippen LogP contribution in [0, 0.1) is 0 Å². The van der Waals surface area contributed by atoms with Gasteiger partial charge in [-0.2, -0.15) is 0 Å². The maximum absolute atomic E-state index is 12.8. The van der Waals surface area contributed by atoms with E-state index in [2.05, 4.69) is 43.1 Å². The minimum atomic E-state index is -0.529. The molecular formula is C53H79NO6. The Labute approximate surface area is 364 Å². The van der Waals surface area contributed by atoms with E-state index in [4.69, 9.17) is 14.2 Å². The zero-order valence-electron chi connectivity index (χ0n) is 37.7. The van der Waals surface area contributed by atoms with Crippen LogP contribution in [0.25, 0.3) is 11.3 Å². The predicted molar refractivity (Wildman–Crippen MR) is 247 cm³/mol. The number of nitrogens with zero attached hydrogens (tertiary/aromatic N) is 1. The molecule has 1 heterocycles. The van der Waals surface area contributed by atoms with Gasteiger partial charge in [0.05, 0.1) is 30.0 Å². The van der Waals surface area contributed by atoms with E-state index >= 15 is 0 Å². The third-order valence-corrected chi connectivity index (χ3v) is 11.4. The fourth-order valence-electron chi connectivity index (χ4n) is 7.54. The molecule has 7 heteroatoms. The van der Waals surface area contributed by atoms with Gasteiger partial charge in [-0.15, -0.1) is 0 Å². The fraction of sp³-hybridized carbons (Fsp3) is 0.623. The van der Waals surface area contributed by atoms with E-state index in [1.54, 1.807) is 30.3 Å². The van der Waals surface area contributed by atoms with E-state index in [0.29, 0.717) is 29.9 Å². The van der Waals surface area contributed by atoms with Crippen LogP contribution in [-0.4, -0.2) is 36.1 Å². The van der Waals surface area contributed by atoms with Gasteiger partial charge in [0.25, 0.3) is 0 Å². The van der Waals surface area contributed by atoms with Crippen LogP contribution in [0.15, 0.2) is 66.9 Å². The van der Waals surface area contributed by atoms with E-state index in [-0.39, 0.29) is 19.0 Å². The number of aromatic nitrogens is 1. The lowest BCUT2D eigenvalue weighted by Crippen LogP contribution is -2.11. The van der Waals surface area contributed by atoms with Crippen LogP contribution in [0.2, 0.25) is 0 Å². The van der Waals surface area contributed by atoms with Gasteiger partial charge in [-0.1, -0.05) is 192 Å². The lowest BCUT2D eigenvalue weighted by Gasteiger charge is -2.08. The molecule has 0 saturated carbocycles. The molecule has 0 radical (unpaired) electrons. The summed E-state index contributed by atoms with van der Waals surface area (Å²) >= 11 is 0. The molecule has 60 heavy (non-hydrogen) atoms. The highest BCUT2D eigenvalue weighted by atomic mass is 16.5. The summed E-state index contributed by atoms with van der Waals surface area (Å²) in [4.78, 5) is 41.9. The Bertz CT molecular complexity index is 1540. The Balaban J connectivity index is 1.21.